The molecule has 0 aromatic carbocycles. The number of hydrogen-bond donors (Lipinski definition) is 1. The average Bonchev–Trinajstić information content (AvgIpc) is 2.82. The minimum atomic E-state index is -0.0814. The first-order chi connectivity index (χ1) is 9.19. The van der Waals surface area contributed by atoms with E-state index in [4.69, 9.17) is 0 Å². The lowest BCUT2D eigenvalue weighted by Gasteiger charge is -2.02. The fourth-order valence-corrected chi connectivity index (χ4v) is 2.20. The Morgan fingerprint density at radius 1 is 1.32 bits per heavy atom. The monoisotopic (exact) mass is 254 g/mol. The highest BCUT2D eigenvalue weighted by Gasteiger charge is 2.10. The van der Waals surface area contributed by atoms with Crippen LogP contribution in [0.4, 0.5) is 0 Å². The van der Waals surface area contributed by atoms with Gasteiger partial charge in [-0.05, 0) is 25.5 Å². The first kappa shape index (κ1) is 11.6. The van der Waals surface area contributed by atoms with Crippen LogP contribution in [0.3, 0.4) is 0 Å². The summed E-state index contributed by atoms with van der Waals surface area (Å²) >= 11 is 0. The maximum absolute atomic E-state index is 12.0. The quantitative estimate of drug-likeness (QED) is 0.760. The standard InChI is InChI=1S/C14H14N4O/c1-3-10-9(2)15-13(17-14(10)19)11-8-18-7-5-4-6-12(18)16-11/h4-8H,3H2,1-2H3,(H,15,17,19). The van der Waals surface area contributed by atoms with Gasteiger partial charge in [-0.15, -0.1) is 0 Å². The normalized spacial score (nSPS) is 11.1. The molecule has 0 aliphatic rings. The van der Waals surface area contributed by atoms with Gasteiger partial charge in [0.15, 0.2) is 5.82 Å². The highest BCUT2D eigenvalue weighted by Crippen LogP contribution is 2.14. The molecule has 0 fully saturated rings. The number of nitrogens with one attached hydrogen (secondary N) is 1. The Morgan fingerprint density at radius 2 is 2.16 bits per heavy atom. The average molecular weight is 254 g/mol. The van der Waals surface area contributed by atoms with E-state index in [2.05, 4.69) is 15.0 Å². The van der Waals surface area contributed by atoms with E-state index in [0.717, 1.165) is 16.9 Å². The number of aryl methyl sites for hydroxylation is 1. The first-order valence-corrected chi connectivity index (χ1v) is 6.23. The Bertz CT molecular complexity index is 768. The van der Waals surface area contributed by atoms with Crippen molar-refractivity contribution in [3.05, 3.63) is 52.2 Å². The van der Waals surface area contributed by atoms with Crippen LogP contribution in [0.1, 0.15) is 18.2 Å². The molecule has 0 saturated carbocycles. The van der Waals surface area contributed by atoms with E-state index >= 15 is 0 Å². The van der Waals surface area contributed by atoms with Crippen LogP contribution in [-0.2, 0) is 6.42 Å². The van der Waals surface area contributed by atoms with Crippen molar-refractivity contribution >= 4 is 5.65 Å². The van der Waals surface area contributed by atoms with Gasteiger partial charge >= 0.3 is 0 Å². The third-order valence-electron chi connectivity index (χ3n) is 3.18. The SMILES string of the molecule is CCc1c(C)nc(-c2cn3ccccc3n2)[nH]c1=O. The van der Waals surface area contributed by atoms with Gasteiger partial charge < -0.3 is 9.38 Å². The second-order valence-corrected chi connectivity index (χ2v) is 4.42. The predicted octanol–water partition coefficient (Wildman–Crippen LogP) is 1.96. The van der Waals surface area contributed by atoms with Crippen molar-refractivity contribution in [2.24, 2.45) is 0 Å². The zero-order chi connectivity index (χ0) is 13.4. The fraction of sp³-hybridized carbons (Fsp3) is 0.214. The number of aromatic nitrogens is 4. The van der Waals surface area contributed by atoms with E-state index in [-0.39, 0.29) is 5.56 Å². The second-order valence-electron chi connectivity index (χ2n) is 4.42. The molecule has 3 heterocycles. The van der Waals surface area contributed by atoms with Crippen LogP contribution in [0.2, 0.25) is 0 Å². The molecular formula is C14H14N4O. The van der Waals surface area contributed by atoms with Crippen LogP contribution in [0, 0.1) is 6.92 Å². The van der Waals surface area contributed by atoms with E-state index in [1.54, 1.807) is 0 Å². The summed E-state index contributed by atoms with van der Waals surface area (Å²) in [5.74, 6) is 0.517. The predicted molar refractivity (Wildman–Crippen MR) is 73.2 cm³/mol. The summed E-state index contributed by atoms with van der Waals surface area (Å²) in [6, 6.07) is 5.77. The van der Waals surface area contributed by atoms with Crippen molar-refractivity contribution in [1.29, 1.82) is 0 Å². The topological polar surface area (TPSA) is 63.1 Å². The molecule has 5 nitrogen and oxygen atoms in total. The van der Waals surface area contributed by atoms with Crippen molar-refractivity contribution in [2.45, 2.75) is 20.3 Å². The molecule has 0 unspecified atom stereocenters. The van der Waals surface area contributed by atoms with Crippen molar-refractivity contribution < 1.29 is 0 Å². The second kappa shape index (κ2) is 4.35. The zero-order valence-corrected chi connectivity index (χ0v) is 10.8. The summed E-state index contributed by atoms with van der Waals surface area (Å²) in [5.41, 5.74) is 2.92. The number of nitrogens with zero attached hydrogens (tertiary/aromatic N) is 3. The van der Waals surface area contributed by atoms with Crippen molar-refractivity contribution in [1.82, 2.24) is 19.4 Å². The van der Waals surface area contributed by atoms with E-state index in [9.17, 15) is 4.79 Å². The van der Waals surface area contributed by atoms with Crippen LogP contribution >= 0.6 is 0 Å². The summed E-state index contributed by atoms with van der Waals surface area (Å²) in [7, 11) is 0. The largest absolute Gasteiger partial charge is 0.306 e. The Balaban J connectivity index is 2.19. The summed E-state index contributed by atoms with van der Waals surface area (Å²) < 4.78 is 1.90. The van der Waals surface area contributed by atoms with Crippen LogP contribution in [0.5, 0.6) is 0 Å². The molecule has 96 valence electrons. The summed E-state index contributed by atoms with van der Waals surface area (Å²) in [6.45, 7) is 3.80. The van der Waals surface area contributed by atoms with Crippen LogP contribution < -0.4 is 5.56 Å². The van der Waals surface area contributed by atoms with E-state index in [0.29, 0.717) is 17.9 Å². The highest BCUT2D eigenvalue weighted by atomic mass is 16.1. The van der Waals surface area contributed by atoms with Crippen LogP contribution in [0.25, 0.3) is 17.2 Å². The third kappa shape index (κ3) is 1.93. The Hall–Kier alpha value is -2.43. The van der Waals surface area contributed by atoms with Gasteiger partial charge in [-0.2, -0.15) is 0 Å². The maximum Gasteiger partial charge on any atom is 0.254 e. The lowest BCUT2D eigenvalue weighted by molar-refractivity contribution is 0.964. The maximum atomic E-state index is 12.0. The molecule has 0 saturated heterocycles. The van der Waals surface area contributed by atoms with Gasteiger partial charge in [0, 0.05) is 23.7 Å². The summed E-state index contributed by atoms with van der Waals surface area (Å²) in [5, 5.41) is 0. The van der Waals surface area contributed by atoms with Gasteiger partial charge in [-0.3, -0.25) is 4.79 Å². The Labute approximate surface area is 110 Å². The smallest absolute Gasteiger partial charge is 0.254 e. The van der Waals surface area contributed by atoms with Gasteiger partial charge in [0.1, 0.15) is 11.3 Å². The number of hydrogen-bond acceptors (Lipinski definition) is 3. The minimum absolute atomic E-state index is 0.0814. The van der Waals surface area contributed by atoms with E-state index in [1.165, 1.54) is 0 Å². The molecule has 5 heteroatoms. The molecule has 0 bridgehead atoms. The van der Waals surface area contributed by atoms with Crippen LogP contribution in [-0.4, -0.2) is 19.4 Å². The molecule has 3 aromatic heterocycles. The van der Waals surface area contributed by atoms with E-state index in [1.807, 2.05) is 48.8 Å². The zero-order valence-electron chi connectivity index (χ0n) is 10.8. The lowest BCUT2D eigenvalue weighted by atomic mass is 10.2. The molecule has 3 rings (SSSR count). The number of rotatable bonds is 2. The molecule has 3 aromatic rings. The molecule has 0 amide bonds. The molecule has 0 spiro atoms. The molecule has 0 aliphatic heterocycles. The van der Waals surface area contributed by atoms with Gasteiger partial charge in [0.2, 0.25) is 0 Å². The molecule has 1 N–H and O–H groups in total. The number of aromatic amines is 1. The van der Waals surface area contributed by atoms with E-state index < -0.39 is 0 Å². The highest BCUT2D eigenvalue weighted by molar-refractivity contribution is 5.55. The molecule has 0 radical (unpaired) electrons. The Kier molecular flexibility index (Phi) is 2.67. The molecule has 19 heavy (non-hydrogen) atoms. The van der Waals surface area contributed by atoms with Gasteiger partial charge in [-0.1, -0.05) is 13.0 Å². The van der Waals surface area contributed by atoms with Gasteiger partial charge in [-0.25, -0.2) is 9.97 Å². The van der Waals surface area contributed by atoms with Gasteiger partial charge in [0.25, 0.3) is 5.56 Å². The summed E-state index contributed by atoms with van der Waals surface area (Å²) in [4.78, 5) is 23.6. The molecular weight excluding hydrogens is 240 g/mol. The minimum Gasteiger partial charge on any atom is -0.306 e. The van der Waals surface area contributed by atoms with Crippen molar-refractivity contribution in [3.8, 4) is 11.5 Å². The van der Waals surface area contributed by atoms with Crippen molar-refractivity contribution in [3.63, 3.8) is 0 Å². The lowest BCUT2D eigenvalue weighted by Crippen LogP contribution is -2.16. The molecule has 0 aliphatic carbocycles. The Morgan fingerprint density at radius 3 is 2.84 bits per heavy atom. The number of imidazole rings is 1. The number of pyridine rings is 1. The summed E-state index contributed by atoms with van der Waals surface area (Å²) in [6.07, 6.45) is 4.45. The number of fused-ring (bicyclic) bond motifs is 1. The molecule has 0 atom stereocenters. The number of H-pyrrole nitrogens is 1. The third-order valence-corrected chi connectivity index (χ3v) is 3.18. The van der Waals surface area contributed by atoms with Crippen molar-refractivity contribution in [2.75, 3.05) is 0 Å². The fourth-order valence-electron chi connectivity index (χ4n) is 2.20. The van der Waals surface area contributed by atoms with Gasteiger partial charge in [0.05, 0.1) is 0 Å². The van der Waals surface area contributed by atoms with Crippen LogP contribution in [0.15, 0.2) is 35.4 Å². The first-order valence-electron chi connectivity index (χ1n) is 6.23.